The lowest BCUT2D eigenvalue weighted by Crippen LogP contribution is -2.29. The summed E-state index contributed by atoms with van der Waals surface area (Å²) in [4.78, 5) is 24.1. The number of hydrogen-bond donors (Lipinski definition) is 0. The van der Waals surface area contributed by atoms with Gasteiger partial charge in [-0.2, -0.15) is 0 Å². The molecule has 1 fully saturated rings. The lowest BCUT2D eigenvalue weighted by Gasteiger charge is -2.14. The number of hydrogen-bond acceptors (Lipinski definition) is 3. The van der Waals surface area contributed by atoms with Crippen LogP contribution in [0.4, 0.5) is 4.79 Å². The predicted molar refractivity (Wildman–Crippen MR) is 62.6 cm³/mol. The molecule has 4 heteroatoms. The van der Waals surface area contributed by atoms with Crippen molar-refractivity contribution in [3.05, 3.63) is 35.4 Å². The van der Waals surface area contributed by atoms with Gasteiger partial charge < -0.3 is 9.64 Å². The summed E-state index contributed by atoms with van der Waals surface area (Å²) in [6, 6.07) is 7.81. The SMILES string of the molecule is Cc1cccc(COC(=O)N2CCC(=O)C2)c1. The van der Waals surface area contributed by atoms with Crippen molar-refractivity contribution in [3.63, 3.8) is 0 Å². The van der Waals surface area contributed by atoms with Gasteiger partial charge >= 0.3 is 6.09 Å². The number of carbonyl (C=O) groups excluding carboxylic acids is 2. The first-order chi connectivity index (χ1) is 8.15. The van der Waals surface area contributed by atoms with Gasteiger partial charge in [-0.1, -0.05) is 29.8 Å². The second-order valence-electron chi connectivity index (χ2n) is 4.25. The minimum atomic E-state index is -0.405. The van der Waals surface area contributed by atoms with Gasteiger partial charge in [-0.3, -0.25) is 4.79 Å². The Bertz CT molecular complexity index is 442. The third-order valence-electron chi connectivity index (χ3n) is 2.73. The molecular formula is C13H15NO3. The van der Waals surface area contributed by atoms with E-state index in [-0.39, 0.29) is 18.9 Å². The van der Waals surface area contributed by atoms with Crippen LogP contribution >= 0.6 is 0 Å². The van der Waals surface area contributed by atoms with Gasteiger partial charge in [0.15, 0.2) is 5.78 Å². The van der Waals surface area contributed by atoms with Crippen LogP contribution in [0.1, 0.15) is 17.5 Å². The zero-order valence-corrected chi connectivity index (χ0v) is 9.81. The van der Waals surface area contributed by atoms with E-state index in [1.54, 1.807) is 0 Å². The summed E-state index contributed by atoms with van der Waals surface area (Å²) in [7, 11) is 0. The summed E-state index contributed by atoms with van der Waals surface area (Å²) in [6.07, 6.45) is 0.0388. The van der Waals surface area contributed by atoms with Crippen LogP contribution in [0.2, 0.25) is 0 Å². The minimum Gasteiger partial charge on any atom is -0.445 e. The third kappa shape index (κ3) is 3.06. The van der Waals surface area contributed by atoms with Gasteiger partial charge in [0.05, 0.1) is 6.54 Å². The fraction of sp³-hybridized carbons (Fsp3) is 0.385. The topological polar surface area (TPSA) is 46.6 Å². The fourth-order valence-electron chi connectivity index (χ4n) is 1.82. The van der Waals surface area contributed by atoms with Crippen LogP contribution in [0.3, 0.4) is 0 Å². The number of carbonyl (C=O) groups is 2. The number of aryl methyl sites for hydroxylation is 1. The van der Waals surface area contributed by atoms with E-state index in [9.17, 15) is 9.59 Å². The standard InChI is InChI=1S/C13H15NO3/c1-10-3-2-4-11(7-10)9-17-13(16)14-6-5-12(15)8-14/h2-4,7H,5-6,8-9H2,1H3. The smallest absolute Gasteiger partial charge is 0.410 e. The molecule has 1 aromatic carbocycles. The van der Waals surface area contributed by atoms with Crippen molar-refractivity contribution in [1.82, 2.24) is 4.90 Å². The summed E-state index contributed by atoms with van der Waals surface area (Å²) in [5, 5.41) is 0. The molecule has 0 aromatic heterocycles. The average Bonchev–Trinajstić information content (AvgIpc) is 2.73. The van der Waals surface area contributed by atoms with E-state index in [2.05, 4.69) is 0 Å². The molecule has 1 aromatic rings. The quantitative estimate of drug-likeness (QED) is 0.783. The molecular weight excluding hydrogens is 218 g/mol. The number of Topliss-reactive ketones (excluding diaryl/α,β-unsaturated/α-hetero) is 1. The molecule has 0 radical (unpaired) electrons. The highest BCUT2D eigenvalue weighted by Crippen LogP contribution is 2.09. The summed E-state index contributed by atoms with van der Waals surface area (Å²) >= 11 is 0. The van der Waals surface area contributed by atoms with E-state index in [0.29, 0.717) is 13.0 Å². The Morgan fingerprint density at radius 2 is 2.29 bits per heavy atom. The van der Waals surface area contributed by atoms with Crippen LogP contribution in [-0.4, -0.2) is 29.9 Å². The first kappa shape index (κ1) is 11.6. The van der Waals surface area contributed by atoms with E-state index in [1.165, 1.54) is 4.90 Å². The van der Waals surface area contributed by atoms with Crippen molar-refractivity contribution >= 4 is 11.9 Å². The Labute approximate surface area is 100 Å². The van der Waals surface area contributed by atoms with Gasteiger partial charge in [-0.05, 0) is 12.5 Å². The number of ether oxygens (including phenoxy) is 1. The van der Waals surface area contributed by atoms with Crippen LogP contribution in [0.25, 0.3) is 0 Å². The van der Waals surface area contributed by atoms with Crippen molar-refractivity contribution in [3.8, 4) is 0 Å². The summed E-state index contributed by atoms with van der Waals surface area (Å²) < 4.78 is 5.15. The first-order valence-electron chi connectivity index (χ1n) is 5.64. The molecule has 0 aliphatic carbocycles. The molecule has 0 N–H and O–H groups in total. The molecule has 1 saturated heterocycles. The second kappa shape index (κ2) is 4.99. The van der Waals surface area contributed by atoms with Gasteiger partial charge in [0.2, 0.25) is 0 Å². The number of likely N-dealkylation sites (tertiary alicyclic amines) is 1. The third-order valence-corrected chi connectivity index (χ3v) is 2.73. The molecule has 90 valence electrons. The molecule has 1 aliphatic rings. The molecule has 0 bridgehead atoms. The number of nitrogens with zero attached hydrogens (tertiary/aromatic N) is 1. The average molecular weight is 233 g/mol. The molecule has 1 heterocycles. The number of ketones is 1. The summed E-state index contributed by atoms with van der Waals surface area (Å²) in [6.45, 7) is 2.91. The number of rotatable bonds is 2. The number of amides is 1. The zero-order chi connectivity index (χ0) is 12.3. The van der Waals surface area contributed by atoms with E-state index in [0.717, 1.165) is 11.1 Å². The Balaban J connectivity index is 1.86. The van der Waals surface area contributed by atoms with Gasteiger partial charge in [0.25, 0.3) is 0 Å². The van der Waals surface area contributed by atoms with Gasteiger partial charge in [-0.25, -0.2) is 4.79 Å². The van der Waals surface area contributed by atoms with Crippen molar-refractivity contribution in [2.75, 3.05) is 13.1 Å². The van der Waals surface area contributed by atoms with Crippen LogP contribution < -0.4 is 0 Å². The molecule has 0 spiro atoms. The fourth-order valence-corrected chi connectivity index (χ4v) is 1.82. The highest BCUT2D eigenvalue weighted by Gasteiger charge is 2.24. The summed E-state index contributed by atoms with van der Waals surface area (Å²) in [5.74, 6) is 0.0949. The van der Waals surface area contributed by atoms with Crippen LogP contribution in [0, 0.1) is 6.92 Å². The maximum Gasteiger partial charge on any atom is 0.410 e. The molecule has 17 heavy (non-hydrogen) atoms. The van der Waals surface area contributed by atoms with E-state index in [4.69, 9.17) is 4.74 Å². The predicted octanol–water partition coefficient (Wildman–Crippen LogP) is 1.91. The Kier molecular flexibility index (Phi) is 3.42. The Morgan fingerprint density at radius 3 is 2.94 bits per heavy atom. The highest BCUT2D eigenvalue weighted by molar-refractivity contribution is 5.87. The minimum absolute atomic E-state index is 0.0949. The molecule has 1 aliphatic heterocycles. The Hall–Kier alpha value is -1.84. The lowest BCUT2D eigenvalue weighted by molar-refractivity contribution is -0.116. The normalized spacial score (nSPS) is 15.1. The van der Waals surface area contributed by atoms with Crippen molar-refractivity contribution in [2.45, 2.75) is 20.0 Å². The largest absolute Gasteiger partial charge is 0.445 e. The molecule has 0 atom stereocenters. The first-order valence-corrected chi connectivity index (χ1v) is 5.64. The van der Waals surface area contributed by atoms with E-state index >= 15 is 0 Å². The van der Waals surface area contributed by atoms with Crippen LogP contribution in [-0.2, 0) is 16.1 Å². The van der Waals surface area contributed by atoms with Crippen LogP contribution in [0.5, 0.6) is 0 Å². The maximum absolute atomic E-state index is 11.6. The van der Waals surface area contributed by atoms with Gasteiger partial charge in [0.1, 0.15) is 6.61 Å². The highest BCUT2D eigenvalue weighted by atomic mass is 16.6. The van der Waals surface area contributed by atoms with Crippen molar-refractivity contribution in [1.29, 1.82) is 0 Å². The van der Waals surface area contributed by atoms with Crippen LogP contribution in [0.15, 0.2) is 24.3 Å². The van der Waals surface area contributed by atoms with E-state index < -0.39 is 6.09 Å². The Morgan fingerprint density at radius 1 is 1.47 bits per heavy atom. The monoisotopic (exact) mass is 233 g/mol. The second-order valence-corrected chi connectivity index (χ2v) is 4.25. The molecule has 0 saturated carbocycles. The zero-order valence-electron chi connectivity index (χ0n) is 9.81. The molecule has 4 nitrogen and oxygen atoms in total. The lowest BCUT2D eigenvalue weighted by atomic mass is 10.1. The number of benzene rings is 1. The maximum atomic E-state index is 11.6. The van der Waals surface area contributed by atoms with Crippen molar-refractivity contribution < 1.29 is 14.3 Å². The van der Waals surface area contributed by atoms with Crippen molar-refractivity contribution in [2.24, 2.45) is 0 Å². The van der Waals surface area contributed by atoms with Gasteiger partial charge in [-0.15, -0.1) is 0 Å². The summed E-state index contributed by atoms with van der Waals surface area (Å²) in [5.41, 5.74) is 2.10. The van der Waals surface area contributed by atoms with Gasteiger partial charge in [0, 0.05) is 13.0 Å². The molecule has 0 unspecified atom stereocenters. The molecule has 1 amide bonds. The van der Waals surface area contributed by atoms with E-state index in [1.807, 2.05) is 31.2 Å². The molecule has 2 rings (SSSR count).